The quantitative estimate of drug-likeness (QED) is 0.644. The lowest BCUT2D eigenvalue weighted by Crippen LogP contribution is -2.42. The minimum Gasteiger partial charge on any atom is -0.466 e. The smallest absolute Gasteiger partial charge is 0.310 e. The summed E-state index contributed by atoms with van der Waals surface area (Å²) in [6, 6.07) is 2.71. The molecule has 1 atom stereocenters. The molecule has 1 fully saturated rings. The number of ether oxygens (including phenoxy) is 1. The summed E-state index contributed by atoms with van der Waals surface area (Å²) in [5.74, 6) is -0.883. The lowest BCUT2D eigenvalue weighted by atomic mass is 9.98. The van der Waals surface area contributed by atoms with Crippen LogP contribution in [0, 0.1) is 5.92 Å². The molecule has 0 aliphatic carbocycles. The average Bonchev–Trinajstić information content (AvgIpc) is 3.20. The number of rotatable bonds is 7. The number of hydrogen-bond donors (Lipinski definition) is 2. The zero-order chi connectivity index (χ0) is 21.5. The standard InChI is InChI=1S/C20H24N4O5S/c1-2-29-19(28)14-4-3-9-24(11-14)17(26)8-6-15-12-30-20(22-15)23-18(27)13-5-7-16(25)21-10-13/h5,7,10,12,14H,2-4,6,8-9,11H2,1H3,(H,21,25)(H,22,23,27). The van der Waals surface area contributed by atoms with E-state index in [2.05, 4.69) is 15.3 Å². The number of anilines is 1. The monoisotopic (exact) mass is 432 g/mol. The number of aryl methyl sites for hydroxylation is 1. The SMILES string of the molecule is CCOC(=O)C1CCCN(C(=O)CCc2csc(NC(=O)c3ccc(=O)[nH]c3)n2)C1. The molecule has 1 saturated heterocycles. The number of aromatic nitrogens is 2. The Morgan fingerprint density at radius 3 is 2.93 bits per heavy atom. The van der Waals surface area contributed by atoms with Gasteiger partial charge in [0.15, 0.2) is 5.13 Å². The van der Waals surface area contributed by atoms with Gasteiger partial charge in [-0.15, -0.1) is 11.3 Å². The van der Waals surface area contributed by atoms with E-state index in [1.165, 1.54) is 29.7 Å². The molecule has 0 bridgehead atoms. The molecule has 2 aromatic rings. The third-order valence-electron chi connectivity index (χ3n) is 4.81. The first-order valence-electron chi connectivity index (χ1n) is 9.85. The van der Waals surface area contributed by atoms with Crippen LogP contribution in [0.25, 0.3) is 0 Å². The molecule has 160 valence electrons. The van der Waals surface area contributed by atoms with Gasteiger partial charge in [-0.25, -0.2) is 4.98 Å². The fourth-order valence-corrected chi connectivity index (χ4v) is 3.99. The van der Waals surface area contributed by atoms with E-state index < -0.39 is 0 Å². The largest absolute Gasteiger partial charge is 0.466 e. The van der Waals surface area contributed by atoms with Crippen LogP contribution in [0.15, 0.2) is 28.5 Å². The highest BCUT2D eigenvalue weighted by Gasteiger charge is 2.29. The van der Waals surface area contributed by atoms with Crippen LogP contribution < -0.4 is 10.9 Å². The van der Waals surface area contributed by atoms with Crippen molar-refractivity contribution in [3.8, 4) is 0 Å². The molecule has 3 heterocycles. The van der Waals surface area contributed by atoms with E-state index in [9.17, 15) is 19.2 Å². The van der Waals surface area contributed by atoms with Crippen LogP contribution in [0.2, 0.25) is 0 Å². The Morgan fingerprint density at radius 2 is 2.20 bits per heavy atom. The summed E-state index contributed by atoms with van der Waals surface area (Å²) in [4.78, 5) is 56.2. The summed E-state index contributed by atoms with van der Waals surface area (Å²) in [7, 11) is 0. The number of carbonyl (C=O) groups excluding carboxylic acids is 3. The van der Waals surface area contributed by atoms with Crippen molar-refractivity contribution < 1.29 is 19.1 Å². The normalized spacial score (nSPS) is 16.2. The van der Waals surface area contributed by atoms with Gasteiger partial charge in [-0.2, -0.15) is 0 Å². The van der Waals surface area contributed by atoms with Gasteiger partial charge in [0.05, 0.1) is 23.8 Å². The average molecular weight is 433 g/mol. The molecule has 2 aromatic heterocycles. The van der Waals surface area contributed by atoms with E-state index >= 15 is 0 Å². The van der Waals surface area contributed by atoms with Gasteiger partial charge in [-0.3, -0.25) is 24.5 Å². The third-order valence-corrected chi connectivity index (χ3v) is 5.61. The summed E-state index contributed by atoms with van der Waals surface area (Å²) < 4.78 is 5.07. The van der Waals surface area contributed by atoms with E-state index in [0.717, 1.165) is 12.8 Å². The second-order valence-electron chi connectivity index (χ2n) is 6.97. The molecular formula is C20H24N4O5S. The Balaban J connectivity index is 1.49. The summed E-state index contributed by atoms with van der Waals surface area (Å²) in [5.41, 5.74) is 0.752. The number of amides is 2. The van der Waals surface area contributed by atoms with E-state index in [4.69, 9.17) is 4.74 Å². The van der Waals surface area contributed by atoms with Gasteiger partial charge < -0.3 is 14.6 Å². The Labute approximate surface area is 177 Å². The Morgan fingerprint density at radius 1 is 1.37 bits per heavy atom. The van der Waals surface area contributed by atoms with E-state index in [1.807, 2.05) is 0 Å². The van der Waals surface area contributed by atoms with Crippen molar-refractivity contribution >= 4 is 34.3 Å². The minimum atomic E-state index is -0.374. The van der Waals surface area contributed by atoms with Gasteiger partial charge in [0.1, 0.15) is 0 Å². The van der Waals surface area contributed by atoms with Gasteiger partial charge in [-0.05, 0) is 32.3 Å². The second kappa shape index (κ2) is 10.1. The van der Waals surface area contributed by atoms with Crippen molar-refractivity contribution in [3.05, 3.63) is 45.3 Å². The fourth-order valence-electron chi connectivity index (χ4n) is 3.25. The van der Waals surface area contributed by atoms with Crippen LogP contribution in [0.5, 0.6) is 0 Å². The summed E-state index contributed by atoms with van der Waals surface area (Å²) in [5, 5.41) is 4.90. The predicted molar refractivity (Wildman–Crippen MR) is 111 cm³/mol. The first-order valence-corrected chi connectivity index (χ1v) is 10.7. The first kappa shape index (κ1) is 21.7. The number of pyridine rings is 1. The van der Waals surface area contributed by atoms with Crippen LogP contribution in [0.3, 0.4) is 0 Å². The number of thiazole rings is 1. The highest BCUT2D eigenvalue weighted by atomic mass is 32.1. The van der Waals surface area contributed by atoms with Gasteiger partial charge in [-0.1, -0.05) is 0 Å². The van der Waals surface area contributed by atoms with Crippen molar-refractivity contribution in [3.63, 3.8) is 0 Å². The molecule has 1 aliphatic rings. The molecule has 10 heteroatoms. The van der Waals surface area contributed by atoms with Crippen molar-refractivity contribution in [2.75, 3.05) is 25.0 Å². The van der Waals surface area contributed by atoms with Gasteiger partial charge in [0.2, 0.25) is 11.5 Å². The maximum absolute atomic E-state index is 12.5. The highest BCUT2D eigenvalue weighted by molar-refractivity contribution is 7.14. The molecule has 1 aliphatic heterocycles. The maximum Gasteiger partial charge on any atom is 0.310 e. The molecule has 0 saturated carbocycles. The number of aromatic amines is 1. The number of hydrogen-bond acceptors (Lipinski definition) is 7. The van der Waals surface area contributed by atoms with Crippen LogP contribution in [-0.2, 0) is 20.7 Å². The molecule has 1 unspecified atom stereocenters. The van der Waals surface area contributed by atoms with Crippen LogP contribution in [-0.4, -0.2) is 52.3 Å². The lowest BCUT2D eigenvalue weighted by Gasteiger charge is -2.31. The molecule has 0 spiro atoms. The second-order valence-corrected chi connectivity index (χ2v) is 7.83. The number of esters is 1. The fraction of sp³-hybridized carbons (Fsp3) is 0.450. The van der Waals surface area contributed by atoms with Gasteiger partial charge >= 0.3 is 5.97 Å². The first-order chi connectivity index (χ1) is 14.5. The molecule has 30 heavy (non-hydrogen) atoms. The topological polar surface area (TPSA) is 121 Å². The number of likely N-dealkylation sites (tertiary alicyclic amines) is 1. The van der Waals surface area contributed by atoms with E-state index in [-0.39, 0.29) is 35.7 Å². The molecule has 0 aromatic carbocycles. The number of carbonyl (C=O) groups is 3. The number of nitrogens with one attached hydrogen (secondary N) is 2. The van der Waals surface area contributed by atoms with E-state index in [1.54, 1.807) is 17.2 Å². The predicted octanol–water partition coefficient (Wildman–Crippen LogP) is 1.82. The molecular weight excluding hydrogens is 408 g/mol. The number of H-pyrrole nitrogens is 1. The summed E-state index contributed by atoms with van der Waals surface area (Å²) in [6.45, 7) is 3.16. The highest BCUT2D eigenvalue weighted by Crippen LogP contribution is 2.21. The Kier molecular flexibility index (Phi) is 7.34. The molecule has 2 N–H and O–H groups in total. The number of nitrogens with zero attached hydrogens (tertiary/aromatic N) is 2. The molecule has 9 nitrogen and oxygen atoms in total. The number of piperidine rings is 1. The maximum atomic E-state index is 12.5. The van der Waals surface area contributed by atoms with Crippen LogP contribution >= 0.6 is 11.3 Å². The van der Waals surface area contributed by atoms with Crippen LogP contribution in [0.4, 0.5) is 5.13 Å². The summed E-state index contributed by atoms with van der Waals surface area (Å²) in [6.07, 6.45) is 3.60. The van der Waals surface area contributed by atoms with E-state index in [0.29, 0.717) is 42.5 Å². The zero-order valence-corrected chi connectivity index (χ0v) is 17.5. The van der Waals surface area contributed by atoms with Crippen LogP contribution in [0.1, 0.15) is 42.2 Å². The van der Waals surface area contributed by atoms with Crippen molar-refractivity contribution in [1.82, 2.24) is 14.9 Å². The molecule has 2 amide bonds. The Bertz CT molecular complexity index is 950. The third kappa shape index (κ3) is 5.76. The molecule has 3 rings (SSSR count). The van der Waals surface area contributed by atoms with Gasteiger partial charge in [0.25, 0.3) is 5.91 Å². The zero-order valence-electron chi connectivity index (χ0n) is 16.7. The van der Waals surface area contributed by atoms with Crippen molar-refractivity contribution in [2.24, 2.45) is 5.92 Å². The van der Waals surface area contributed by atoms with Crippen molar-refractivity contribution in [2.45, 2.75) is 32.6 Å². The lowest BCUT2D eigenvalue weighted by molar-refractivity contribution is -0.151. The Hall–Kier alpha value is -3.01. The molecule has 0 radical (unpaired) electrons. The minimum absolute atomic E-state index is 0.0178. The van der Waals surface area contributed by atoms with Crippen molar-refractivity contribution in [1.29, 1.82) is 0 Å². The van der Waals surface area contributed by atoms with Gasteiger partial charge in [0, 0.05) is 37.2 Å². The summed E-state index contributed by atoms with van der Waals surface area (Å²) >= 11 is 1.27.